The predicted octanol–water partition coefficient (Wildman–Crippen LogP) is 3.05. The zero-order valence-electron chi connectivity index (χ0n) is 10.5. The van der Waals surface area contributed by atoms with E-state index in [-0.39, 0.29) is 11.9 Å². The molecular weight excluding hydrogens is 244 g/mol. The number of nitrogens with zero attached hydrogens (tertiary/aromatic N) is 1. The Bertz CT molecular complexity index is 583. The normalized spacial score (nSPS) is 12.4. The fourth-order valence-electron chi connectivity index (χ4n) is 1.72. The van der Waals surface area contributed by atoms with Crippen LogP contribution in [0.25, 0.3) is 10.9 Å². The first-order chi connectivity index (χ1) is 8.63. The fourth-order valence-corrected chi connectivity index (χ4v) is 2.08. The van der Waals surface area contributed by atoms with E-state index in [1.807, 2.05) is 32.0 Å². The molecule has 4 heteroatoms. The molecule has 0 saturated heterocycles. The Morgan fingerprint density at radius 3 is 2.94 bits per heavy atom. The number of nitrogens with one attached hydrogen (secondary N) is 1. The van der Waals surface area contributed by atoms with Gasteiger partial charge in [-0.25, -0.2) is 0 Å². The minimum absolute atomic E-state index is 0.0955. The summed E-state index contributed by atoms with van der Waals surface area (Å²) in [6, 6.07) is 7.68. The maximum absolute atomic E-state index is 12.1. The highest BCUT2D eigenvalue weighted by molar-refractivity contribution is 7.80. The molecule has 0 aliphatic heterocycles. The van der Waals surface area contributed by atoms with Crippen LogP contribution in [-0.4, -0.2) is 16.9 Å². The lowest BCUT2D eigenvalue weighted by Crippen LogP contribution is -2.32. The lowest BCUT2D eigenvalue weighted by molar-refractivity contribution is 0.0936. The Kier molecular flexibility index (Phi) is 3.87. The lowest BCUT2D eigenvalue weighted by Gasteiger charge is -2.13. The average Bonchev–Trinajstić information content (AvgIpc) is 2.39. The van der Waals surface area contributed by atoms with Gasteiger partial charge in [-0.05, 0) is 25.5 Å². The Hall–Kier alpha value is -1.55. The van der Waals surface area contributed by atoms with Gasteiger partial charge in [-0.1, -0.05) is 19.1 Å². The molecule has 0 aliphatic rings. The van der Waals surface area contributed by atoms with E-state index in [4.69, 9.17) is 0 Å². The molecule has 1 atom stereocenters. The van der Waals surface area contributed by atoms with Gasteiger partial charge in [0.2, 0.25) is 0 Å². The van der Waals surface area contributed by atoms with Crippen molar-refractivity contribution in [2.24, 2.45) is 0 Å². The Morgan fingerprint density at radius 1 is 1.44 bits per heavy atom. The SMILES string of the molecule is CCC(C)NC(=O)c1ccc2cccnc2c1S. The third-order valence-corrected chi connectivity index (χ3v) is 3.44. The third kappa shape index (κ3) is 2.48. The Balaban J connectivity index is 2.40. The van der Waals surface area contributed by atoms with Gasteiger partial charge >= 0.3 is 0 Å². The van der Waals surface area contributed by atoms with Crippen LogP contribution in [0.4, 0.5) is 0 Å². The van der Waals surface area contributed by atoms with Crippen molar-refractivity contribution in [1.82, 2.24) is 10.3 Å². The van der Waals surface area contributed by atoms with Crippen molar-refractivity contribution < 1.29 is 4.79 Å². The van der Waals surface area contributed by atoms with Gasteiger partial charge in [-0.15, -0.1) is 12.6 Å². The summed E-state index contributed by atoms with van der Waals surface area (Å²) in [5.41, 5.74) is 1.34. The van der Waals surface area contributed by atoms with Crippen molar-refractivity contribution >= 4 is 29.4 Å². The molecule has 0 radical (unpaired) electrons. The van der Waals surface area contributed by atoms with Crippen molar-refractivity contribution in [2.75, 3.05) is 0 Å². The second-order valence-electron chi connectivity index (χ2n) is 4.32. The van der Waals surface area contributed by atoms with Gasteiger partial charge in [-0.3, -0.25) is 9.78 Å². The molecule has 2 aromatic rings. The molecule has 1 heterocycles. The van der Waals surface area contributed by atoms with Gasteiger partial charge in [-0.2, -0.15) is 0 Å². The second kappa shape index (κ2) is 5.40. The standard InChI is InChI=1S/C14H16N2OS/c1-3-9(2)16-14(17)11-7-6-10-5-4-8-15-12(10)13(11)18/h4-9,18H,3H2,1-2H3,(H,16,17). The van der Waals surface area contributed by atoms with Crippen LogP contribution >= 0.6 is 12.6 Å². The molecule has 1 unspecified atom stereocenters. The van der Waals surface area contributed by atoms with Crippen LogP contribution in [0.1, 0.15) is 30.6 Å². The summed E-state index contributed by atoms with van der Waals surface area (Å²) < 4.78 is 0. The van der Waals surface area contributed by atoms with Crippen LogP contribution in [0, 0.1) is 0 Å². The molecule has 1 aromatic carbocycles. The van der Waals surface area contributed by atoms with Crippen LogP contribution in [0.3, 0.4) is 0 Å². The van der Waals surface area contributed by atoms with Gasteiger partial charge in [0.1, 0.15) is 0 Å². The Morgan fingerprint density at radius 2 is 2.22 bits per heavy atom. The fraction of sp³-hybridized carbons (Fsp3) is 0.286. The topological polar surface area (TPSA) is 42.0 Å². The summed E-state index contributed by atoms with van der Waals surface area (Å²) in [4.78, 5) is 17.0. The molecule has 0 fully saturated rings. The molecule has 0 spiro atoms. The van der Waals surface area contributed by atoms with Gasteiger partial charge in [0.25, 0.3) is 5.91 Å². The minimum Gasteiger partial charge on any atom is -0.350 e. The summed E-state index contributed by atoms with van der Waals surface area (Å²) >= 11 is 4.43. The van der Waals surface area contributed by atoms with E-state index in [1.165, 1.54) is 0 Å². The first kappa shape index (κ1) is 12.9. The maximum atomic E-state index is 12.1. The number of hydrogen-bond donors (Lipinski definition) is 2. The molecule has 0 aliphatic carbocycles. The molecule has 3 nitrogen and oxygen atoms in total. The van der Waals surface area contributed by atoms with Crippen molar-refractivity contribution in [1.29, 1.82) is 0 Å². The van der Waals surface area contributed by atoms with Crippen LogP contribution in [0.5, 0.6) is 0 Å². The van der Waals surface area contributed by atoms with Crippen molar-refractivity contribution in [2.45, 2.75) is 31.2 Å². The van der Waals surface area contributed by atoms with E-state index in [0.29, 0.717) is 10.5 Å². The van der Waals surface area contributed by atoms with Crippen LogP contribution in [0.2, 0.25) is 0 Å². The highest BCUT2D eigenvalue weighted by Gasteiger charge is 2.13. The zero-order chi connectivity index (χ0) is 13.1. The van der Waals surface area contributed by atoms with Crippen molar-refractivity contribution in [3.8, 4) is 0 Å². The quantitative estimate of drug-likeness (QED) is 0.833. The number of carbonyl (C=O) groups is 1. The highest BCUT2D eigenvalue weighted by atomic mass is 32.1. The number of amides is 1. The van der Waals surface area contributed by atoms with Crippen molar-refractivity contribution in [3.05, 3.63) is 36.0 Å². The number of carbonyl (C=O) groups excluding carboxylic acids is 1. The minimum atomic E-state index is -0.0955. The predicted molar refractivity (Wildman–Crippen MR) is 76.2 cm³/mol. The van der Waals surface area contributed by atoms with E-state index in [9.17, 15) is 4.79 Å². The molecule has 0 saturated carbocycles. The van der Waals surface area contributed by atoms with Gasteiger partial charge in [0.05, 0.1) is 11.1 Å². The summed E-state index contributed by atoms with van der Waals surface area (Å²) in [6.07, 6.45) is 2.61. The van der Waals surface area contributed by atoms with Crippen LogP contribution < -0.4 is 5.32 Å². The third-order valence-electron chi connectivity index (χ3n) is 2.98. The molecule has 0 bridgehead atoms. The summed E-state index contributed by atoms with van der Waals surface area (Å²) in [5, 5.41) is 3.92. The molecule has 18 heavy (non-hydrogen) atoms. The maximum Gasteiger partial charge on any atom is 0.252 e. The summed E-state index contributed by atoms with van der Waals surface area (Å²) in [6.45, 7) is 4.02. The molecule has 94 valence electrons. The van der Waals surface area contributed by atoms with E-state index >= 15 is 0 Å². The van der Waals surface area contributed by atoms with Gasteiger partial charge in [0.15, 0.2) is 0 Å². The number of aromatic nitrogens is 1. The number of benzene rings is 1. The molecule has 2 rings (SSSR count). The summed E-state index contributed by atoms with van der Waals surface area (Å²) in [7, 11) is 0. The van der Waals surface area contributed by atoms with E-state index in [1.54, 1.807) is 12.3 Å². The number of hydrogen-bond acceptors (Lipinski definition) is 3. The molecule has 1 N–H and O–H groups in total. The first-order valence-corrected chi connectivity index (χ1v) is 6.45. The number of rotatable bonds is 3. The first-order valence-electron chi connectivity index (χ1n) is 6.01. The number of thiol groups is 1. The second-order valence-corrected chi connectivity index (χ2v) is 4.77. The van der Waals surface area contributed by atoms with E-state index < -0.39 is 0 Å². The number of pyridine rings is 1. The largest absolute Gasteiger partial charge is 0.350 e. The average molecular weight is 260 g/mol. The zero-order valence-corrected chi connectivity index (χ0v) is 11.4. The van der Waals surface area contributed by atoms with Crippen molar-refractivity contribution in [3.63, 3.8) is 0 Å². The van der Waals surface area contributed by atoms with E-state index in [2.05, 4.69) is 22.9 Å². The Labute approximate surface area is 112 Å². The smallest absolute Gasteiger partial charge is 0.252 e. The number of fused-ring (bicyclic) bond motifs is 1. The van der Waals surface area contributed by atoms with Crippen LogP contribution in [0.15, 0.2) is 35.4 Å². The van der Waals surface area contributed by atoms with Crippen LogP contribution in [-0.2, 0) is 0 Å². The lowest BCUT2D eigenvalue weighted by atomic mass is 10.1. The van der Waals surface area contributed by atoms with Gasteiger partial charge in [0, 0.05) is 22.5 Å². The van der Waals surface area contributed by atoms with E-state index in [0.717, 1.165) is 17.3 Å². The molecule has 1 amide bonds. The summed E-state index contributed by atoms with van der Waals surface area (Å²) in [5.74, 6) is -0.0955. The molecular formula is C14H16N2OS. The van der Waals surface area contributed by atoms with Gasteiger partial charge < -0.3 is 5.32 Å². The monoisotopic (exact) mass is 260 g/mol. The highest BCUT2D eigenvalue weighted by Crippen LogP contribution is 2.23. The molecule has 1 aromatic heterocycles.